The number of aryl methyl sites for hydroxylation is 2. The van der Waals surface area contributed by atoms with E-state index >= 15 is 0 Å². The molecule has 0 fully saturated rings. The number of thiazole rings is 2. The molecule has 3 heterocycles. The lowest BCUT2D eigenvalue weighted by Gasteiger charge is -2.02. The van der Waals surface area contributed by atoms with Crippen molar-refractivity contribution in [1.29, 1.82) is 0 Å². The Hall–Kier alpha value is -2.71. The number of nitrogens with one attached hydrogen (secondary N) is 2. The van der Waals surface area contributed by atoms with Crippen LogP contribution in [0.15, 0.2) is 34.1 Å². The lowest BCUT2D eigenvalue weighted by Crippen LogP contribution is -2.04. The van der Waals surface area contributed by atoms with Gasteiger partial charge >= 0.3 is 0 Å². The zero-order valence-corrected chi connectivity index (χ0v) is 16.0. The van der Waals surface area contributed by atoms with Gasteiger partial charge < -0.3 is 15.1 Å². The van der Waals surface area contributed by atoms with Gasteiger partial charge in [0.1, 0.15) is 5.76 Å². The molecular formula is C18H16N4O2S2. The molecule has 1 amide bonds. The van der Waals surface area contributed by atoms with Gasteiger partial charge in [0, 0.05) is 17.7 Å². The summed E-state index contributed by atoms with van der Waals surface area (Å²) in [5, 5.41) is 10.5. The molecule has 0 aliphatic carbocycles. The van der Waals surface area contributed by atoms with Crippen molar-refractivity contribution in [2.45, 2.75) is 20.8 Å². The van der Waals surface area contributed by atoms with Gasteiger partial charge in [-0.2, -0.15) is 0 Å². The van der Waals surface area contributed by atoms with E-state index < -0.39 is 0 Å². The lowest BCUT2D eigenvalue weighted by atomic mass is 10.2. The third-order valence-corrected chi connectivity index (χ3v) is 5.58. The van der Waals surface area contributed by atoms with E-state index in [9.17, 15) is 4.79 Å². The SMILES string of the molecule is CC(=O)Nc1nc(C)c(-c2csc(Nc3cccc4cc(C)oc34)n2)s1. The van der Waals surface area contributed by atoms with Crippen LogP contribution in [-0.2, 0) is 4.79 Å². The third kappa shape index (κ3) is 3.21. The van der Waals surface area contributed by atoms with Crippen LogP contribution in [0.2, 0.25) is 0 Å². The van der Waals surface area contributed by atoms with E-state index in [-0.39, 0.29) is 5.91 Å². The van der Waals surface area contributed by atoms with Gasteiger partial charge in [-0.3, -0.25) is 4.79 Å². The maximum absolute atomic E-state index is 11.2. The first-order chi connectivity index (χ1) is 12.5. The van der Waals surface area contributed by atoms with Crippen molar-refractivity contribution in [2.75, 3.05) is 10.6 Å². The van der Waals surface area contributed by atoms with E-state index in [0.29, 0.717) is 5.13 Å². The third-order valence-electron chi connectivity index (χ3n) is 3.73. The molecule has 0 saturated heterocycles. The maximum atomic E-state index is 11.2. The number of nitrogens with zero attached hydrogens (tertiary/aromatic N) is 2. The van der Waals surface area contributed by atoms with E-state index in [0.717, 1.165) is 43.8 Å². The first-order valence-corrected chi connectivity index (χ1v) is 9.66. The Labute approximate surface area is 157 Å². The molecule has 132 valence electrons. The molecule has 8 heteroatoms. The molecule has 0 aliphatic heterocycles. The van der Waals surface area contributed by atoms with Crippen LogP contribution in [0.1, 0.15) is 18.4 Å². The molecule has 0 atom stereocenters. The largest absolute Gasteiger partial charge is 0.459 e. The summed E-state index contributed by atoms with van der Waals surface area (Å²) >= 11 is 2.94. The van der Waals surface area contributed by atoms with Gasteiger partial charge in [-0.1, -0.05) is 23.5 Å². The van der Waals surface area contributed by atoms with Crippen LogP contribution in [0, 0.1) is 13.8 Å². The molecule has 0 radical (unpaired) electrons. The molecule has 0 aliphatic rings. The van der Waals surface area contributed by atoms with Crippen LogP contribution in [0.4, 0.5) is 16.0 Å². The van der Waals surface area contributed by atoms with Crippen molar-refractivity contribution in [3.8, 4) is 10.6 Å². The number of amides is 1. The molecular weight excluding hydrogens is 368 g/mol. The summed E-state index contributed by atoms with van der Waals surface area (Å²) in [6, 6.07) is 7.99. The van der Waals surface area contributed by atoms with Gasteiger partial charge in [0.2, 0.25) is 5.91 Å². The number of hydrogen-bond acceptors (Lipinski definition) is 7. The first kappa shape index (κ1) is 16.7. The molecule has 0 unspecified atom stereocenters. The van der Waals surface area contributed by atoms with Crippen molar-refractivity contribution >= 4 is 55.5 Å². The fourth-order valence-corrected chi connectivity index (χ4v) is 4.44. The van der Waals surface area contributed by atoms with Gasteiger partial charge in [-0.05, 0) is 26.0 Å². The Bertz CT molecular complexity index is 1110. The molecule has 0 saturated carbocycles. The fraction of sp³-hybridized carbons (Fsp3) is 0.167. The molecule has 1 aromatic carbocycles. The summed E-state index contributed by atoms with van der Waals surface area (Å²) < 4.78 is 5.79. The second kappa shape index (κ2) is 6.54. The number of anilines is 3. The minimum absolute atomic E-state index is 0.132. The first-order valence-electron chi connectivity index (χ1n) is 7.96. The second-order valence-electron chi connectivity index (χ2n) is 5.86. The highest BCUT2D eigenvalue weighted by molar-refractivity contribution is 7.20. The number of aromatic nitrogens is 2. The predicted octanol–water partition coefficient (Wildman–Crippen LogP) is 5.33. The molecule has 2 N–H and O–H groups in total. The Morgan fingerprint density at radius 2 is 2.04 bits per heavy atom. The van der Waals surface area contributed by atoms with Crippen LogP contribution in [0.25, 0.3) is 21.5 Å². The molecule has 0 spiro atoms. The van der Waals surface area contributed by atoms with Crippen LogP contribution >= 0.6 is 22.7 Å². The van der Waals surface area contributed by atoms with Crippen molar-refractivity contribution in [2.24, 2.45) is 0 Å². The number of benzene rings is 1. The van der Waals surface area contributed by atoms with Gasteiger partial charge in [0.05, 0.1) is 22.0 Å². The normalized spacial score (nSPS) is 11.0. The van der Waals surface area contributed by atoms with Crippen molar-refractivity contribution in [1.82, 2.24) is 9.97 Å². The van der Waals surface area contributed by atoms with Crippen molar-refractivity contribution in [3.63, 3.8) is 0 Å². The monoisotopic (exact) mass is 384 g/mol. The predicted molar refractivity (Wildman–Crippen MR) is 106 cm³/mol. The summed E-state index contributed by atoms with van der Waals surface area (Å²) in [5.74, 6) is 0.743. The molecule has 26 heavy (non-hydrogen) atoms. The summed E-state index contributed by atoms with van der Waals surface area (Å²) in [5.41, 5.74) is 3.39. The number of hydrogen-bond donors (Lipinski definition) is 2. The molecule has 4 aromatic rings. The summed E-state index contributed by atoms with van der Waals surface area (Å²) in [6.07, 6.45) is 0. The Morgan fingerprint density at radius 1 is 1.19 bits per heavy atom. The van der Waals surface area contributed by atoms with E-state index in [1.165, 1.54) is 29.6 Å². The maximum Gasteiger partial charge on any atom is 0.223 e. The lowest BCUT2D eigenvalue weighted by molar-refractivity contribution is -0.114. The number of carbonyl (C=O) groups excluding carboxylic acids is 1. The van der Waals surface area contributed by atoms with E-state index in [2.05, 4.69) is 20.6 Å². The summed E-state index contributed by atoms with van der Waals surface area (Å²) in [6.45, 7) is 5.32. The number of rotatable bonds is 4. The van der Waals surface area contributed by atoms with Crippen molar-refractivity contribution < 1.29 is 9.21 Å². The minimum atomic E-state index is -0.132. The van der Waals surface area contributed by atoms with Gasteiger partial charge in [0.15, 0.2) is 15.8 Å². The molecule has 6 nitrogen and oxygen atoms in total. The quantitative estimate of drug-likeness (QED) is 0.497. The zero-order chi connectivity index (χ0) is 18.3. The van der Waals surface area contributed by atoms with Crippen molar-refractivity contribution in [3.05, 3.63) is 41.1 Å². The topological polar surface area (TPSA) is 80.0 Å². The number of para-hydroxylation sites is 1. The second-order valence-corrected chi connectivity index (χ2v) is 7.72. The average molecular weight is 384 g/mol. The fourth-order valence-electron chi connectivity index (χ4n) is 2.68. The van der Waals surface area contributed by atoms with Crippen LogP contribution < -0.4 is 10.6 Å². The summed E-state index contributed by atoms with van der Waals surface area (Å²) in [7, 11) is 0. The Balaban J connectivity index is 1.62. The van der Waals surface area contributed by atoms with E-state index in [4.69, 9.17) is 4.42 Å². The van der Waals surface area contributed by atoms with E-state index in [1.54, 1.807) is 0 Å². The molecule has 3 aromatic heterocycles. The molecule has 4 rings (SSSR count). The average Bonchev–Trinajstić information content (AvgIpc) is 3.25. The van der Waals surface area contributed by atoms with E-state index in [1.807, 2.05) is 43.5 Å². The number of furan rings is 1. The zero-order valence-electron chi connectivity index (χ0n) is 14.4. The van der Waals surface area contributed by atoms with Gasteiger partial charge in [-0.25, -0.2) is 9.97 Å². The van der Waals surface area contributed by atoms with Crippen LogP contribution in [0.5, 0.6) is 0 Å². The highest BCUT2D eigenvalue weighted by Gasteiger charge is 2.15. The molecule has 0 bridgehead atoms. The highest BCUT2D eigenvalue weighted by Crippen LogP contribution is 2.36. The van der Waals surface area contributed by atoms with Crippen LogP contribution in [-0.4, -0.2) is 15.9 Å². The van der Waals surface area contributed by atoms with Gasteiger partial charge in [-0.15, -0.1) is 11.3 Å². The Kier molecular flexibility index (Phi) is 4.21. The van der Waals surface area contributed by atoms with Gasteiger partial charge in [0.25, 0.3) is 0 Å². The number of carbonyl (C=O) groups is 1. The standard InChI is InChI=1S/C18H16N4O2S2/c1-9-7-12-5-4-6-13(15(12)24-9)21-17-22-14(8-25-17)16-10(2)19-18(26-16)20-11(3)23/h4-8H,1-3H3,(H,21,22)(H,19,20,23). The highest BCUT2D eigenvalue weighted by atomic mass is 32.1. The minimum Gasteiger partial charge on any atom is -0.459 e. The summed E-state index contributed by atoms with van der Waals surface area (Å²) in [4.78, 5) is 21.2. The Morgan fingerprint density at radius 3 is 2.85 bits per heavy atom. The number of fused-ring (bicyclic) bond motifs is 1. The smallest absolute Gasteiger partial charge is 0.223 e. The van der Waals surface area contributed by atoms with Crippen LogP contribution in [0.3, 0.4) is 0 Å².